The Balaban J connectivity index is 1.58. The molecule has 2 nitrogen and oxygen atoms in total. The zero-order valence-corrected chi connectivity index (χ0v) is 15.3. The molecule has 1 aromatic carbocycles. The van der Waals surface area contributed by atoms with Crippen LogP contribution >= 0.6 is 0 Å². The summed E-state index contributed by atoms with van der Waals surface area (Å²) in [6, 6.07) is 6.76. The van der Waals surface area contributed by atoms with Gasteiger partial charge in [0.2, 0.25) is 0 Å². The number of fused-ring (bicyclic) bond motifs is 5. The molecular weight excluding hydrogens is 296 g/mol. The van der Waals surface area contributed by atoms with Gasteiger partial charge in [-0.15, -0.1) is 0 Å². The first-order valence-corrected chi connectivity index (χ1v) is 9.78. The number of hydrogen-bond acceptors (Lipinski definition) is 2. The van der Waals surface area contributed by atoms with E-state index in [2.05, 4.69) is 39.0 Å². The van der Waals surface area contributed by atoms with Gasteiger partial charge in [0.05, 0.1) is 6.61 Å². The fourth-order valence-electron chi connectivity index (χ4n) is 5.68. The van der Waals surface area contributed by atoms with Crippen molar-refractivity contribution in [2.24, 2.45) is 23.2 Å². The van der Waals surface area contributed by atoms with Crippen LogP contribution in [-0.2, 0) is 11.2 Å². The van der Waals surface area contributed by atoms with Gasteiger partial charge in [0, 0.05) is 11.8 Å². The van der Waals surface area contributed by atoms with Gasteiger partial charge in [-0.1, -0.05) is 26.8 Å². The normalized spacial score (nSPS) is 34.7. The molecule has 0 saturated heterocycles. The molecule has 0 heterocycles. The predicted octanol–water partition coefficient (Wildman–Crippen LogP) is 5.15. The van der Waals surface area contributed by atoms with E-state index in [1.54, 1.807) is 5.56 Å². The second-order valence-electron chi connectivity index (χ2n) is 8.90. The van der Waals surface area contributed by atoms with Crippen molar-refractivity contribution in [1.82, 2.24) is 0 Å². The average molecular weight is 326 g/mol. The lowest BCUT2D eigenvalue weighted by molar-refractivity contribution is -0.129. The van der Waals surface area contributed by atoms with Crippen LogP contribution in [0.2, 0.25) is 0 Å². The maximum atomic E-state index is 12.4. The van der Waals surface area contributed by atoms with E-state index in [0.717, 1.165) is 38.0 Å². The van der Waals surface area contributed by atoms with Gasteiger partial charge in [-0.2, -0.15) is 0 Å². The van der Waals surface area contributed by atoms with Crippen LogP contribution in [0.5, 0.6) is 5.75 Å². The van der Waals surface area contributed by atoms with Gasteiger partial charge in [0.25, 0.3) is 0 Å². The van der Waals surface area contributed by atoms with Crippen molar-refractivity contribution in [3.05, 3.63) is 29.3 Å². The van der Waals surface area contributed by atoms with E-state index >= 15 is 0 Å². The highest BCUT2D eigenvalue weighted by Crippen LogP contribution is 2.59. The maximum Gasteiger partial charge on any atom is 0.139 e. The quantitative estimate of drug-likeness (QED) is 0.768. The molecule has 0 bridgehead atoms. The van der Waals surface area contributed by atoms with Crippen molar-refractivity contribution in [1.29, 1.82) is 0 Å². The van der Waals surface area contributed by atoms with Crippen LogP contribution in [0.3, 0.4) is 0 Å². The lowest BCUT2D eigenvalue weighted by Gasteiger charge is -2.48. The van der Waals surface area contributed by atoms with E-state index in [4.69, 9.17) is 4.74 Å². The molecule has 3 aliphatic carbocycles. The third-order valence-electron chi connectivity index (χ3n) is 6.99. The lowest BCUT2D eigenvalue weighted by Crippen LogP contribution is -2.42. The largest absolute Gasteiger partial charge is 0.493 e. The van der Waals surface area contributed by atoms with E-state index < -0.39 is 0 Å². The Labute approximate surface area is 146 Å². The predicted molar refractivity (Wildman–Crippen MR) is 96.4 cm³/mol. The zero-order valence-electron chi connectivity index (χ0n) is 15.3. The molecule has 3 unspecified atom stereocenters. The van der Waals surface area contributed by atoms with Crippen molar-refractivity contribution in [3.63, 3.8) is 0 Å². The average Bonchev–Trinajstić information content (AvgIpc) is 2.88. The molecule has 0 aromatic heterocycles. The van der Waals surface area contributed by atoms with Crippen molar-refractivity contribution in [2.45, 2.75) is 65.2 Å². The summed E-state index contributed by atoms with van der Waals surface area (Å²) in [6.45, 7) is 7.41. The van der Waals surface area contributed by atoms with Gasteiger partial charge < -0.3 is 4.74 Å². The molecule has 0 radical (unpaired) electrons. The molecular formula is C22H30O2. The first-order chi connectivity index (χ1) is 11.5. The van der Waals surface area contributed by atoms with Crippen molar-refractivity contribution < 1.29 is 9.53 Å². The highest BCUT2D eigenvalue weighted by atomic mass is 16.5. The Morgan fingerprint density at radius 3 is 2.83 bits per heavy atom. The van der Waals surface area contributed by atoms with Crippen molar-refractivity contribution in [3.8, 4) is 5.75 Å². The first-order valence-electron chi connectivity index (χ1n) is 9.78. The third-order valence-corrected chi connectivity index (χ3v) is 6.99. The van der Waals surface area contributed by atoms with E-state index in [1.807, 2.05) is 0 Å². The summed E-state index contributed by atoms with van der Waals surface area (Å²) in [6.07, 6.45) is 6.61. The van der Waals surface area contributed by atoms with Crippen molar-refractivity contribution in [2.75, 3.05) is 6.61 Å². The topological polar surface area (TPSA) is 26.3 Å². The van der Waals surface area contributed by atoms with Gasteiger partial charge in [-0.05, 0) is 79.0 Å². The van der Waals surface area contributed by atoms with E-state index in [9.17, 15) is 4.79 Å². The van der Waals surface area contributed by atoms with Crippen LogP contribution in [0.15, 0.2) is 18.2 Å². The molecule has 0 N–H and O–H groups in total. The number of aryl methyl sites for hydroxylation is 1. The van der Waals surface area contributed by atoms with Gasteiger partial charge in [-0.25, -0.2) is 0 Å². The minimum atomic E-state index is -0.0149. The molecule has 2 fully saturated rings. The molecule has 2 heteroatoms. The Hall–Kier alpha value is -1.31. The number of carbonyl (C=O) groups is 1. The monoisotopic (exact) mass is 326 g/mol. The van der Waals surface area contributed by atoms with E-state index in [1.165, 1.54) is 18.4 Å². The third kappa shape index (κ3) is 2.50. The summed E-state index contributed by atoms with van der Waals surface area (Å²) in [4.78, 5) is 12.4. The van der Waals surface area contributed by atoms with Gasteiger partial charge in [0.15, 0.2) is 0 Å². The van der Waals surface area contributed by atoms with Crippen molar-refractivity contribution >= 4 is 5.78 Å². The van der Waals surface area contributed by atoms with Crippen LogP contribution in [0.25, 0.3) is 0 Å². The summed E-state index contributed by atoms with van der Waals surface area (Å²) in [5.41, 5.74) is 3.02. The molecule has 4 atom stereocenters. The molecule has 0 amide bonds. The molecule has 0 aliphatic heterocycles. The number of ketones is 1. The molecule has 4 rings (SSSR count). The minimum Gasteiger partial charge on any atom is -0.493 e. The van der Waals surface area contributed by atoms with Crippen LogP contribution in [0, 0.1) is 23.2 Å². The van der Waals surface area contributed by atoms with Crippen LogP contribution in [-0.4, -0.2) is 12.4 Å². The van der Waals surface area contributed by atoms with Crippen LogP contribution in [0.1, 0.15) is 69.9 Å². The Morgan fingerprint density at radius 2 is 2.04 bits per heavy atom. The number of hydrogen-bond donors (Lipinski definition) is 0. The lowest BCUT2D eigenvalue weighted by atomic mass is 9.55. The molecule has 1 aromatic rings. The second kappa shape index (κ2) is 5.89. The summed E-state index contributed by atoms with van der Waals surface area (Å²) in [5.74, 6) is 4.11. The van der Waals surface area contributed by atoms with E-state index in [0.29, 0.717) is 29.5 Å². The first kappa shape index (κ1) is 16.2. The minimum absolute atomic E-state index is 0.0149. The summed E-state index contributed by atoms with van der Waals surface area (Å²) in [7, 11) is 0. The number of ether oxygens (including phenoxy) is 1. The molecule has 24 heavy (non-hydrogen) atoms. The Kier molecular flexibility index (Phi) is 3.97. The summed E-state index contributed by atoms with van der Waals surface area (Å²) >= 11 is 0. The van der Waals surface area contributed by atoms with E-state index in [-0.39, 0.29) is 5.41 Å². The smallest absolute Gasteiger partial charge is 0.139 e. The highest BCUT2D eigenvalue weighted by molar-refractivity contribution is 5.87. The highest BCUT2D eigenvalue weighted by Gasteiger charge is 2.54. The van der Waals surface area contributed by atoms with Gasteiger partial charge in [-0.3, -0.25) is 4.79 Å². The van der Waals surface area contributed by atoms with Gasteiger partial charge in [0.1, 0.15) is 11.5 Å². The fraction of sp³-hybridized carbons (Fsp3) is 0.682. The van der Waals surface area contributed by atoms with Crippen LogP contribution < -0.4 is 4.74 Å². The SMILES string of the molecule is CC(C)COc1ccc2c(c1)CCC1C2CC[C@]2(C)C(=O)CCC12. The molecule has 0 spiro atoms. The standard InChI is InChI=1S/C22H30O2/c1-14(2)13-24-16-5-7-17-15(12-16)4-6-19-18(17)10-11-22(3)20(19)8-9-21(22)23/h5,7,12,14,18-20H,4,6,8-11,13H2,1-3H3/t18?,19?,20?,22-/m0/s1. The second-order valence-corrected chi connectivity index (χ2v) is 8.90. The number of benzene rings is 1. The maximum absolute atomic E-state index is 12.4. The number of rotatable bonds is 3. The van der Waals surface area contributed by atoms with Crippen LogP contribution in [0.4, 0.5) is 0 Å². The zero-order chi connectivity index (χ0) is 16.9. The number of Topliss-reactive ketones (excluding diaryl/α,β-unsaturated/α-hetero) is 1. The van der Waals surface area contributed by atoms with Gasteiger partial charge >= 0.3 is 0 Å². The molecule has 2 saturated carbocycles. The summed E-state index contributed by atoms with van der Waals surface area (Å²) in [5, 5.41) is 0. The molecule has 130 valence electrons. The fourth-order valence-corrected chi connectivity index (χ4v) is 5.68. The molecule has 3 aliphatic rings. The summed E-state index contributed by atoms with van der Waals surface area (Å²) < 4.78 is 5.92. The Bertz CT molecular complexity index is 647. The Morgan fingerprint density at radius 1 is 1.21 bits per heavy atom. The number of carbonyl (C=O) groups excluding carboxylic acids is 1.